The Morgan fingerprint density at radius 2 is 1.60 bits per heavy atom. The van der Waals surface area contributed by atoms with Gasteiger partial charge in [-0.25, -0.2) is 4.79 Å². The standard InChI is InChI=1S/C25H28O5/c1-25(24(28)29,21-15-8-12-18-10-5-6-14-20(18)21)30-17-7-3-2-4-11-19-13-9-16-22(26)23(19)27/h5-6,8-10,12-16,26-27H,2-4,7,11,17H2,1H3,(H,28,29). The summed E-state index contributed by atoms with van der Waals surface area (Å²) in [7, 11) is 0. The second-order valence-corrected chi connectivity index (χ2v) is 7.66. The SMILES string of the molecule is CC(OCCCCCCc1cccc(O)c1O)(C(=O)O)c1cccc2ccccc12. The number of benzene rings is 3. The number of para-hydroxylation sites is 1. The highest BCUT2D eigenvalue weighted by Gasteiger charge is 2.37. The minimum atomic E-state index is -1.41. The molecule has 0 saturated carbocycles. The Kier molecular flexibility index (Phi) is 6.95. The van der Waals surface area contributed by atoms with Crippen LogP contribution in [-0.4, -0.2) is 27.9 Å². The Bertz CT molecular complexity index is 1010. The first-order valence-corrected chi connectivity index (χ1v) is 10.3. The van der Waals surface area contributed by atoms with Gasteiger partial charge in [0.15, 0.2) is 17.1 Å². The number of carboxylic acid groups (broad SMARTS) is 1. The van der Waals surface area contributed by atoms with Crippen LogP contribution < -0.4 is 0 Å². The Hall–Kier alpha value is -3.05. The van der Waals surface area contributed by atoms with E-state index in [0.29, 0.717) is 18.6 Å². The smallest absolute Gasteiger partial charge is 0.340 e. The van der Waals surface area contributed by atoms with Crippen LogP contribution in [0.25, 0.3) is 10.8 Å². The third-order valence-corrected chi connectivity index (χ3v) is 5.54. The lowest BCUT2D eigenvalue weighted by molar-refractivity contribution is -0.165. The van der Waals surface area contributed by atoms with Crippen molar-refractivity contribution in [3.8, 4) is 11.5 Å². The summed E-state index contributed by atoms with van der Waals surface area (Å²) >= 11 is 0. The first kappa shape index (κ1) is 21.7. The van der Waals surface area contributed by atoms with E-state index in [9.17, 15) is 20.1 Å². The monoisotopic (exact) mass is 408 g/mol. The number of fused-ring (bicyclic) bond motifs is 1. The molecule has 158 valence electrons. The molecule has 3 aromatic carbocycles. The van der Waals surface area contributed by atoms with Crippen LogP contribution in [0.4, 0.5) is 0 Å². The largest absolute Gasteiger partial charge is 0.504 e. The van der Waals surface area contributed by atoms with E-state index < -0.39 is 11.6 Å². The summed E-state index contributed by atoms with van der Waals surface area (Å²) in [6.45, 7) is 1.96. The summed E-state index contributed by atoms with van der Waals surface area (Å²) in [6, 6.07) is 18.4. The lowest BCUT2D eigenvalue weighted by Gasteiger charge is -2.27. The molecule has 0 aliphatic carbocycles. The molecule has 1 atom stereocenters. The molecule has 0 aliphatic rings. The predicted molar refractivity (Wildman–Crippen MR) is 117 cm³/mol. The molecular formula is C25H28O5. The Morgan fingerprint density at radius 1 is 0.900 bits per heavy atom. The molecule has 30 heavy (non-hydrogen) atoms. The summed E-state index contributed by atoms with van der Waals surface area (Å²) < 4.78 is 5.91. The second kappa shape index (κ2) is 9.63. The number of hydrogen-bond acceptors (Lipinski definition) is 4. The van der Waals surface area contributed by atoms with Crippen molar-refractivity contribution in [2.45, 2.75) is 44.6 Å². The molecule has 0 amide bonds. The van der Waals surface area contributed by atoms with Gasteiger partial charge in [0.25, 0.3) is 0 Å². The van der Waals surface area contributed by atoms with Gasteiger partial charge in [-0.05, 0) is 48.6 Å². The number of hydrogen-bond donors (Lipinski definition) is 3. The average molecular weight is 408 g/mol. The summed E-state index contributed by atoms with van der Waals surface area (Å²) in [5.74, 6) is -1.14. The van der Waals surface area contributed by atoms with Crippen LogP contribution in [0.3, 0.4) is 0 Å². The highest BCUT2D eigenvalue weighted by atomic mass is 16.5. The van der Waals surface area contributed by atoms with Crippen molar-refractivity contribution in [1.82, 2.24) is 0 Å². The van der Waals surface area contributed by atoms with Gasteiger partial charge in [0.05, 0.1) is 0 Å². The fraction of sp³-hybridized carbons (Fsp3) is 0.320. The molecule has 3 rings (SSSR count). The van der Waals surface area contributed by atoms with Crippen LogP contribution in [-0.2, 0) is 21.6 Å². The number of ether oxygens (including phenoxy) is 1. The minimum absolute atomic E-state index is 0.0480. The molecule has 1 unspecified atom stereocenters. The van der Waals surface area contributed by atoms with Crippen LogP contribution in [0.2, 0.25) is 0 Å². The average Bonchev–Trinajstić information content (AvgIpc) is 2.75. The number of aliphatic carboxylic acids is 1. The van der Waals surface area contributed by atoms with E-state index in [2.05, 4.69) is 0 Å². The number of aryl methyl sites for hydroxylation is 1. The molecule has 5 nitrogen and oxygen atoms in total. The first-order valence-electron chi connectivity index (χ1n) is 10.3. The summed E-state index contributed by atoms with van der Waals surface area (Å²) in [5, 5.41) is 31.1. The number of rotatable bonds is 10. The Labute approximate surface area is 176 Å². The lowest BCUT2D eigenvalue weighted by Crippen LogP contribution is -2.36. The zero-order chi connectivity index (χ0) is 21.6. The van der Waals surface area contributed by atoms with Crippen molar-refractivity contribution >= 4 is 16.7 Å². The fourth-order valence-electron chi connectivity index (χ4n) is 3.72. The van der Waals surface area contributed by atoms with Crippen molar-refractivity contribution in [2.24, 2.45) is 0 Å². The minimum Gasteiger partial charge on any atom is -0.504 e. The number of phenolic OH excluding ortho intramolecular Hbond substituents is 2. The quantitative estimate of drug-likeness (QED) is 0.310. The van der Waals surface area contributed by atoms with Gasteiger partial charge in [-0.1, -0.05) is 67.4 Å². The summed E-state index contributed by atoms with van der Waals surface area (Å²) in [5.41, 5.74) is -0.0121. The molecule has 0 saturated heterocycles. The fourth-order valence-corrected chi connectivity index (χ4v) is 3.72. The number of unbranched alkanes of at least 4 members (excludes halogenated alkanes) is 3. The Balaban J connectivity index is 1.53. The maximum Gasteiger partial charge on any atom is 0.340 e. The van der Waals surface area contributed by atoms with Gasteiger partial charge < -0.3 is 20.1 Å². The van der Waals surface area contributed by atoms with Crippen LogP contribution >= 0.6 is 0 Å². The molecule has 5 heteroatoms. The molecule has 0 fully saturated rings. The van der Waals surface area contributed by atoms with Crippen molar-refractivity contribution < 1.29 is 24.9 Å². The number of carbonyl (C=O) groups is 1. The number of carboxylic acids is 1. The van der Waals surface area contributed by atoms with Crippen molar-refractivity contribution in [2.75, 3.05) is 6.61 Å². The Morgan fingerprint density at radius 3 is 2.40 bits per heavy atom. The summed E-state index contributed by atoms with van der Waals surface area (Å²) in [4.78, 5) is 12.1. The third kappa shape index (κ3) is 4.74. The number of aromatic hydroxyl groups is 2. The molecule has 0 heterocycles. The van der Waals surface area contributed by atoms with Gasteiger partial charge in [-0.15, -0.1) is 0 Å². The van der Waals surface area contributed by atoms with Gasteiger partial charge in [-0.3, -0.25) is 0 Å². The molecule has 3 N–H and O–H groups in total. The molecule has 0 radical (unpaired) electrons. The molecule has 0 aliphatic heterocycles. The molecule has 3 aromatic rings. The molecule has 0 aromatic heterocycles. The van der Waals surface area contributed by atoms with E-state index in [4.69, 9.17) is 4.74 Å². The zero-order valence-corrected chi connectivity index (χ0v) is 17.2. The van der Waals surface area contributed by atoms with Crippen LogP contribution in [0.5, 0.6) is 11.5 Å². The van der Waals surface area contributed by atoms with Crippen molar-refractivity contribution in [1.29, 1.82) is 0 Å². The van der Waals surface area contributed by atoms with Gasteiger partial charge in [0.1, 0.15) is 0 Å². The van der Waals surface area contributed by atoms with Gasteiger partial charge in [0, 0.05) is 12.2 Å². The van der Waals surface area contributed by atoms with E-state index in [1.807, 2.05) is 42.5 Å². The van der Waals surface area contributed by atoms with E-state index in [0.717, 1.165) is 42.0 Å². The second-order valence-electron chi connectivity index (χ2n) is 7.66. The molecular weight excluding hydrogens is 380 g/mol. The van der Waals surface area contributed by atoms with E-state index in [1.54, 1.807) is 19.1 Å². The topological polar surface area (TPSA) is 87.0 Å². The summed E-state index contributed by atoms with van der Waals surface area (Å²) in [6.07, 6.45) is 4.13. The highest BCUT2D eigenvalue weighted by Crippen LogP contribution is 2.33. The first-order chi connectivity index (χ1) is 14.4. The van der Waals surface area contributed by atoms with Gasteiger partial charge in [-0.2, -0.15) is 0 Å². The molecule has 0 spiro atoms. The van der Waals surface area contributed by atoms with Crippen molar-refractivity contribution in [3.05, 3.63) is 71.8 Å². The maximum atomic E-state index is 12.1. The zero-order valence-electron chi connectivity index (χ0n) is 17.2. The van der Waals surface area contributed by atoms with Crippen LogP contribution in [0.1, 0.15) is 43.7 Å². The maximum absolute atomic E-state index is 12.1. The lowest BCUT2D eigenvalue weighted by atomic mass is 9.90. The third-order valence-electron chi connectivity index (χ3n) is 5.54. The van der Waals surface area contributed by atoms with Crippen LogP contribution in [0.15, 0.2) is 60.7 Å². The van der Waals surface area contributed by atoms with Crippen LogP contribution in [0, 0.1) is 0 Å². The normalized spacial score (nSPS) is 13.2. The predicted octanol–water partition coefficient (Wildman–Crippen LogP) is 5.37. The van der Waals surface area contributed by atoms with Crippen molar-refractivity contribution in [3.63, 3.8) is 0 Å². The molecule has 0 bridgehead atoms. The van der Waals surface area contributed by atoms with Gasteiger partial charge >= 0.3 is 5.97 Å². The van der Waals surface area contributed by atoms with E-state index in [-0.39, 0.29) is 11.5 Å². The number of phenols is 2. The van der Waals surface area contributed by atoms with E-state index >= 15 is 0 Å². The van der Waals surface area contributed by atoms with E-state index in [1.165, 1.54) is 6.07 Å². The van der Waals surface area contributed by atoms with Gasteiger partial charge in [0.2, 0.25) is 0 Å². The highest BCUT2D eigenvalue weighted by molar-refractivity contribution is 5.92.